The van der Waals surface area contributed by atoms with E-state index in [1.165, 1.54) is 0 Å². The van der Waals surface area contributed by atoms with E-state index in [1.807, 2.05) is 13.8 Å². The summed E-state index contributed by atoms with van der Waals surface area (Å²) in [6.07, 6.45) is 0.781. The van der Waals surface area contributed by atoms with E-state index in [4.69, 9.17) is 4.74 Å². The molecule has 78 valence electrons. The lowest BCUT2D eigenvalue weighted by Gasteiger charge is -2.22. The zero-order chi connectivity index (χ0) is 10.5. The van der Waals surface area contributed by atoms with Crippen LogP contribution >= 0.6 is 47.8 Å². The molecule has 0 fully saturated rings. The highest BCUT2D eigenvalue weighted by Crippen LogP contribution is 2.33. The van der Waals surface area contributed by atoms with Gasteiger partial charge in [0.25, 0.3) is 0 Å². The Labute approximate surface area is 104 Å². The van der Waals surface area contributed by atoms with Crippen LogP contribution in [0.2, 0.25) is 0 Å². The molecule has 0 atom stereocenters. The van der Waals surface area contributed by atoms with Gasteiger partial charge in [0, 0.05) is 6.04 Å². The first-order valence-electron chi connectivity index (χ1n) is 3.72. The van der Waals surface area contributed by atoms with E-state index in [-0.39, 0.29) is 6.04 Å². The van der Waals surface area contributed by atoms with Crippen LogP contribution in [-0.4, -0.2) is 32.8 Å². The van der Waals surface area contributed by atoms with Crippen LogP contribution in [0.1, 0.15) is 13.8 Å². The molecule has 0 spiro atoms. The number of nitrogens with zero attached hydrogens (tertiary/aromatic N) is 1. The molecule has 13 heavy (non-hydrogen) atoms. The second-order valence-electron chi connectivity index (χ2n) is 2.81. The first-order chi connectivity index (χ1) is 5.87. The van der Waals surface area contributed by atoms with Crippen LogP contribution in [0.3, 0.4) is 0 Å². The molecule has 0 aromatic heterocycles. The van der Waals surface area contributed by atoms with Crippen molar-refractivity contribution in [3.8, 4) is 0 Å². The van der Waals surface area contributed by atoms with E-state index in [0.717, 1.165) is 6.41 Å². The Balaban J connectivity index is 3.68. The van der Waals surface area contributed by atoms with E-state index in [9.17, 15) is 4.79 Å². The van der Waals surface area contributed by atoms with Crippen LogP contribution in [0.4, 0.5) is 0 Å². The molecule has 0 bridgehead atoms. The maximum atomic E-state index is 10.5. The van der Waals surface area contributed by atoms with Crippen molar-refractivity contribution in [3.05, 3.63) is 0 Å². The second kappa shape index (κ2) is 6.37. The van der Waals surface area contributed by atoms with Gasteiger partial charge in [0.1, 0.15) is 6.73 Å². The predicted molar refractivity (Wildman–Crippen MR) is 63.4 cm³/mol. The van der Waals surface area contributed by atoms with E-state index >= 15 is 0 Å². The molecular weight excluding hydrogens is 370 g/mol. The van der Waals surface area contributed by atoms with Gasteiger partial charge in [-0.3, -0.25) is 4.79 Å². The Morgan fingerprint density at radius 1 is 1.46 bits per heavy atom. The van der Waals surface area contributed by atoms with Crippen molar-refractivity contribution in [2.45, 2.75) is 22.0 Å². The molecule has 0 radical (unpaired) electrons. The molecule has 0 aliphatic heterocycles. The number of ether oxygens (including phenoxy) is 1. The molecule has 0 aromatic carbocycles. The quantitative estimate of drug-likeness (QED) is 0.416. The lowest BCUT2D eigenvalue weighted by molar-refractivity contribution is -0.125. The Morgan fingerprint density at radius 3 is 2.31 bits per heavy atom. The Morgan fingerprint density at radius 2 is 2.00 bits per heavy atom. The average molecular weight is 382 g/mol. The van der Waals surface area contributed by atoms with Crippen molar-refractivity contribution in [2.24, 2.45) is 0 Å². The van der Waals surface area contributed by atoms with Gasteiger partial charge in [-0.15, -0.1) is 0 Å². The molecule has 0 aliphatic rings. The molecule has 1 amide bonds. The number of hydrogen-bond acceptors (Lipinski definition) is 2. The molecule has 0 aliphatic carbocycles. The minimum atomic E-state index is -0.404. The minimum absolute atomic E-state index is 0.160. The van der Waals surface area contributed by atoms with Gasteiger partial charge in [0.15, 0.2) is 2.14 Å². The first-order valence-corrected chi connectivity index (χ1v) is 6.10. The zero-order valence-electron chi connectivity index (χ0n) is 7.47. The van der Waals surface area contributed by atoms with Gasteiger partial charge in [-0.1, -0.05) is 47.8 Å². The SMILES string of the molecule is CC(C)N(C=O)COCC(Br)(Br)Br. The van der Waals surface area contributed by atoms with Gasteiger partial charge in [-0.2, -0.15) is 0 Å². The summed E-state index contributed by atoms with van der Waals surface area (Å²) in [7, 11) is 0. The van der Waals surface area contributed by atoms with Gasteiger partial charge < -0.3 is 9.64 Å². The fourth-order valence-corrected chi connectivity index (χ4v) is 1.05. The molecule has 0 rings (SSSR count). The van der Waals surface area contributed by atoms with Gasteiger partial charge in [-0.05, 0) is 13.8 Å². The molecule has 0 aromatic rings. The highest BCUT2D eigenvalue weighted by Gasteiger charge is 2.18. The van der Waals surface area contributed by atoms with E-state index in [2.05, 4.69) is 47.8 Å². The van der Waals surface area contributed by atoms with Gasteiger partial charge in [-0.25, -0.2) is 0 Å². The number of hydrogen-bond donors (Lipinski definition) is 0. The van der Waals surface area contributed by atoms with Crippen molar-refractivity contribution in [1.82, 2.24) is 4.90 Å². The molecule has 0 saturated carbocycles. The van der Waals surface area contributed by atoms with Crippen LogP contribution in [0, 0.1) is 0 Å². The van der Waals surface area contributed by atoms with Gasteiger partial charge in [0.2, 0.25) is 6.41 Å². The largest absolute Gasteiger partial charge is 0.358 e. The summed E-state index contributed by atoms with van der Waals surface area (Å²) < 4.78 is 4.86. The number of halogens is 3. The van der Waals surface area contributed by atoms with Crippen LogP contribution in [-0.2, 0) is 9.53 Å². The Bertz CT molecular complexity index is 158. The Hall–Kier alpha value is 0.870. The number of carbonyl (C=O) groups is 1. The zero-order valence-corrected chi connectivity index (χ0v) is 12.2. The second-order valence-corrected chi connectivity index (χ2v) is 10.1. The first kappa shape index (κ1) is 13.9. The topological polar surface area (TPSA) is 29.5 Å². The van der Waals surface area contributed by atoms with Crippen molar-refractivity contribution < 1.29 is 9.53 Å². The molecule has 0 unspecified atom stereocenters. The van der Waals surface area contributed by atoms with Crippen molar-refractivity contribution >= 4 is 54.2 Å². The molecule has 0 saturated heterocycles. The standard InChI is InChI=1S/C7H12Br3NO2/c1-6(2)11(4-12)5-13-3-7(8,9)10/h4,6H,3,5H2,1-2H3. The van der Waals surface area contributed by atoms with Crippen LogP contribution in [0.15, 0.2) is 0 Å². The maximum absolute atomic E-state index is 10.5. The van der Waals surface area contributed by atoms with Crippen molar-refractivity contribution in [3.63, 3.8) is 0 Å². The summed E-state index contributed by atoms with van der Waals surface area (Å²) in [6, 6.07) is 0.160. The molecule has 0 N–H and O–H groups in total. The third-order valence-electron chi connectivity index (χ3n) is 1.30. The number of carbonyl (C=O) groups excluding carboxylic acids is 1. The maximum Gasteiger partial charge on any atom is 0.211 e. The van der Waals surface area contributed by atoms with Crippen molar-refractivity contribution in [1.29, 1.82) is 0 Å². The fraction of sp³-hybridized carbons (Fsp3) is 0.857. The Kier molecular flexibility index (Phi) is 6.80. The average Bonchev–Trinajstić information content (AvgIpc) is 1.95. The smallest absolute Gasteiger partial charge is 0.211 e. The summed E-state index contributed by atoms with van der Waals surface area (Å²) in [5.41, 5.74) is 0. The lowest BCUT2D eigenvalue weighted by Crippen LogP contribution is -2.32. The highest BCUT2D eigenvalue weighted by molar-refractivity contribution is 9.39. The van der Waals surface area contributed by atoms with Crippen LogP contribution in [0.25, 0.3) is 0 Å². The summed E-state index contributed by atoms with van der Waals surface area (Å²) in [6.45, 7) is 4.58. The lowest BCUT2D eigenvalue weighted by atomic mass is 10.4. The number of alkyl halides is 3. The summed E-state index contributed by atoms with van der Waals surface area (Å²) in [5, 5.41) is 0. The van der Waals surface area contributed by atoms with E-state index in [1.54, 1.807) is 4.90 Å². The molecular formula is C7H12Br3NO2. The third-order valence-corrected chi connectivity index (χ3v) is 1.99. The molecule has 0 heterocycles. The number of amides is 1. The molecule has 3 nitrogen and oxygen atoms in total. The summed E-state index contributed by atoms with van der Waals surface area (Å²) in [4.78, 5) is 12.1. The monoisotopic (exact) mass is 379 g/mol. The third kappa shape index (κ3) is 7.90. The molecule has 6 heteroatoms. The predicted octanol–water partition coefficient (Wildman–Crippen LogP) is 2.67. The summed E-state index contributed by atoms with van der Waals surface area (Å²) in [5.74, 6) is 0. The normalized spacial score (nSPS) is 11.8. The summed E-state index contributed by atoms with van der Waals surface area (Å²) >= 11 is 9.87. The van der Waals surface area contributed by atoms with E-state index < -0.39 is 2.14 Å². The van der Waals surface area contributed by atoms with E-state index in [0.29, 0.717) is 13.3 Å². The van der Waals surface area contributed by atoms with Crippen LogP contribution < -0.4 is 0 Å². The minimum Gasteiger partial charge on any atom is -0.358 e. The van der Waals surface area contributed by atoms with Gasteiger partial charge in [0.05, 0.1) is 6.61 Å². The van der Waals surface area contributed by atoms with Gasteiger partial charge >= 0.3 is 0 Å². The van der Waals surface area contributed by atoms with Crippen molar-refractivity contribution in [2.75, 3.05) is 13.3 Å². The fourth-order valence-electron chi connectivity index (χ4n) is 0.568. The highest BCUT2D eigenvalue weighted by atomic mass is 80.0. The number of rotatable bonds is 5. The van der Waals surface area contributed by atoms with Crippen LogP contribution in [0.5, 0.6) is 0 Å².